The predicted molar refractivity (Wildman–Crippen MR) is 60.5 cm³/mol. The van der Waals surface area contributed by atoms with E-state index in [1.807, 2.05) is 4.57 Å². The van der Waals surface area contributed by atoms with Crippen LogP contribution >= 0.6 is 0 Å². The lowest BCUT2D eigenvalue weighted by atomic mass is 10.1. The number of hydrogen-bond acceptors (Lipinski definition) is 2. The molecular weight excluding hydrogens is 200 g/mol. The molecule has 0 saturated carbocycles. The smallest absolute Gasteiger partial charge is 0.168 e. The predicted octanol–water partition coefficient (Wildman–Crippen LogP) is 2.04. The monoisotopic (exact) mass is 212 g/mol. The van der Waals surface area contributed by atoms with E-state index in [0.29, 0.717) is 11.7 Å². The van der Waals surface area contributed by atoms with Crippen LogP contribution in [-0.4, -0.2) is 15.8 Å². The van der Waals surface area contributed by atoms with E-state index in [-0.39, 0.29) is 0 Å². The van der Waals surface area contributed by atoms with E-state index in [1.54, 1.807) is 12.5 Å². The largest absolute Gasteiger partial charge is 0.325 e. The molecule has 3 nitrogen and oxygen atoms in total. The zero-order valence-corrected chi connectivity index (χ0v) is 8.84. The van der Waals surface area contributed by atoms with Crippen molar-refractivity contribution in [3.05, 3.63) is 53.6 Å². The van der Waals surface area contributed by atoms with Gasteiger partial charge in [0.15, 0.2) is 6.29 Å². The zero-order chi connectivity index (χ0) is 11.0. The fourth-order valence-corrected chi connectivity index (χ4v) is 2.44. The summed E-state index contributed by atoms with van der Waals surface area (Å²) in [4.78, 5) is 14.9. The minimum Gasteiger partial charge on any atom is -0.325 e. The standard InChI is InChI=1S/C13H12N2O/c16-8-13-7-14-9-15(13)12-5-10-3-1-2-4-11(10)6-12/h1-4,7-9,12H,5-6H2. The highest BCUT2D eigenvalue weighted by Gasteiger charge is 2.23. The summed E-state index contributed by atoms with van der Waals surface area (Å²) in [6.45, 7) is 0. The molecule has 0 fully saturated rings. The van der Waals surface area contributed by atoms with E-state index in [1.165, 1.54) is 11.1 Å². The number of aromatic nitrogens is 2. The van der Waals surface area contributed by atoms with Gasteiger partial charge in [-0.1, -0.05) is 24.3 Å². The van der Waals surface area contributed by atoms with E-state index in [4.69, 9.17) is 0 Å². The van der Waals surface area contributed by atoms with Gasteiger partial charge < -0.3 is 4.57 Å². The Morgan fingerprint density at radius 3 is 2.56 bits per heavy atom. The molecule has 0 spiro atoms. The van der Waals surface area contributed by atoms with E-state index in [9.17, 15) is 4.79 Å². The molecule has 1 aromatic heterocycles. The van der Waals surface area contributed by atoms with Crippen molar-refractivity contribution in [2.75, 3.05) is 0 Å². The van der Waals surface area contributed by atoms with Crippen molar-refractivity contribution >= 4 is 6.29 Å². The summed E-state index contributed by atoms with van der Waals surface area (Å²) < 4.78 is 1.98. The molecular formula is C13H12N2O. The molecule has 1 aromatic carbocycles. The highest BCUT2D eigenvalue weighted by atomic mass is 16.1. The zero-order valence-electron chi connectivity index (χ0n) is 8.84. The van der Waals surface area contributed by atoms with Crippen LogP contribution in [0.1, 0.15) is 27.7 Å². The molecule has 16 heavy (non-hydrogen) atoms. The van der Waals surface area contributed by atoms with Gasteiger partial charge in [-0.3, -0.25) is 4.79 Å². The summed E-state index contributed by atoms with van der Waals surface area (Å²) in [6, 6.07) is 8.80. The molecule has 0 N–H and O–H groups in total. The van der Waals surface area contributed by atoms with E-state index in [0.717, 1.165) is 19.1 Å². The SMILES string of the molecule is O=Cc1cncn1C1Cc2ccccc2C1. The number of benzene rings is 1. The fraction of sp³-hybridized carbons (Fsp3) is 0.231. The molecule has 0 radical (unpaired) electrons. The van der Waals surface area contributed by atoms with Crippen LogP contribution in [-0.2, 0) is 12.8 Å². The Morgan fingerprint density at radius 1 is 1.25 bits per heavy atom. The first-order valence-corrected chi connectivity index (χ1v) is 5.42. The number of hydrogen-bond donors (Lipinski definition) is 0. The lowest BCUT2D eigenvalue weighted by Gasteiger charge is -2.12. The molecule has 0 amide bonds. The second-order valence-corrected chi connectivity index (χ2v) is 4.17. The van der Waals surface area contributed by atoms with Gasteiger partial charge in [-0.15, -0.1) is 0 Å². The summed E-state index contributed by atoms with van der Waals surface area (Å²) >= 11 is 0. The fourth-order valence-electron chi connectivity index (χ4n) is 2.44. The third-order valence-corrected chi connectivity index (χ3v) is 3.24. The van der Waals surface area contributed by atoms with Crippen LogP contribution in [0.25, 0.3) is 0 Å². The van der Waals surface area contributed by atoms with Gasteiger partial charge in [0.1, 0.15) is 5.69 Å². The summed E-state index contributed by atoms with van der Waals surface area (Å²) in [6.07, 6.45) is 6.23. The van der Waals surface area contributed by atoms with Crippen LogP contribution in [0.4, 0.5) is 0 Å². The number of rotatable bonds is 2. The molecule has 0 aliphatic heterocycles. The maximum Gasteiger partial charge on any atom is 0.168 e. The van der Waals surface area contributed by atoms with Crippen molar-refractivity contribution in [1.29, 1.82) is 0 Å². The number of aldehydes is 1. The van der Waals surface area contributed by atoms with Gasteiger partial charge in [0.25, 0.3) is 0 Å². The van der Waals surface area contributed by atoms with Crippen LogP contribution < -0.4 is 0 Å². The van der Waals surface area contributed by atoms with Crippen molar-refractivity contribution < 1.29 is 4.79 Å². The number of nitrogens with zero attached hydrogens (tertiary/aromatic N) is 2. The molecule has 1 heterocycles. The average Bonchev–Trinajstić information content (AvgIpc) is 2.94. The molecule has 80 valence electrons. The third-order valence-electron chi connectivity index (χ3n) is 3.24. The molecule has 3 heteroatoms. The molecule has 2 aromatic rings. The summed E-state index contributed by atoms with van der Waals surface area (Å²) in [5.41, 5.74) is 3.44. The molecule has 0 atom stereocenters. The van der Waals surface area contributed by atoms with Gasteiger partial charge >= 0.3 is 0 Å². The maximum absolute atomic E-state index is 10.9. The summed E-state index contributed by atoms with van der Waals surface area (Å²) in [5.74, 6) is 0. The van der Waals surface area contributed by atoms with Crippen molar-refractivity contribution in [3.8, 4) is 0 Å². The normalized spacial score (nSPS) is 15.0. The Bertz CT molecular complexity index is 505. The quantitative estimate of drug-likeness (QED) is 0.714. The van der Waals surface area contributed by atoms with Gasteiger partial charge in [-0.25, -0.2) is 4.98 Å². The molecule has 0 unspecified atom stereocenters. The summed E-state index contributed by atoms with van der Waals surface area (Å²) in [7, 11) is 0. The second kappa shape index (κ2) is 3.59. The Labute approximate surface area is 93.7 Å². The van der Waals surface area contributed by atoms with Gasteiger partial charge in [-0.2, -0.15) is 0 Å². The van der Waals surface area contributed by atoms with Crippen LogP contribution in [0, 0.1) is 0 Å². The van der Waals surface area contributed by atoms with Crippen molar-refractivity contribution in [3.63, 3.8) is 0 Å². The molecule has 0 bridgehead atoms. The van der Waals surface area contributed by atoms with Crippen LogP contribution in [0.3, 0.4) is 0 Å². The Kier molecular flexibility index (Phi) is 2.10. The van der Waals surface area contributed by atoms with E-state index < -0.39 is 0 Å². The highest BCUT2D eigenvalue weighted by molar-refractivity contribution is 5.71. The third kappa shape index (κ3) is 1.36. The molecule has 1 aliphatic rings. The van der Waals surface area contributed by atoms with Gasteiger partial charge in [0.05, 0.1) is 12.5 Å². The number of carbonyl (C=O) groups is 1. The average molecular weight is 212 g/mol. The van der Waals surface area contributed by atoms with Crippen molar-refractivity contribution in [2.24, 2.45) is 0 Å². The summed E-state index contributed by atoms with van der Waals surface area (Å²) in [5, 5.41) is 0. The van der Waals surface area contributed by atoms with Crippen LogP contribution in [0.2, 0.25) is 0 Å². The molecule has 1 aliphatic carbocycles. The van der Waals surface area contributed by atoms with E-state index >= 15 is 0 Å². The molecule has 3 rings (SSSR count). The number of imidazole rings is 1. The number of carbonyl (C=O) groups excluding carboxylic acids is 1. The van der Waals surface area contributed by atoms with Gasteiger partial charge in [-0.05, 0) is 24.0 Å². The first kappa shape index (κ1) is 9.33. The first-order valence-electron chi connectivity index (χ1n) is 5.42. The number of fused-ring (bicyclic) bond motifs is 1. The second-order valence-electron chi connectivity index (χ2n) is 4.17. The van der Waals surface area contributed by atoms with E-state index in [2.05, 4.69) is 29.2 Å². The Morgan fingerprint density at radius 2 is 1.94 bits per heavy atom. The topological polar surface area (TPSA) is 34.9 Å². The lowest BCUT2D eigenvalue weighted by molar-refractivity contribution is 0.111. The van der Waals surface area contributed by atoms with Gasteiger partial charge in [0.2, 0.25) is 0 Å². The van der Waals surface area contributed by atoms with Crippen molar-refractivity contribution in [2.45, 2.75) is 18.9 Å². The Hall–Kier alpha value is -1.90. The highest BCUT2D eigenvalue weighted by Crippen LogP contribution is 2.30. The maximum atomic E-state index is 10.9. The van der Waals surface area contributed by atoms with Crippen molar-refractivity contribution in [1.82, 2.24) is 9.55 Å². The Balaban J connectivity index is 1.94. The molecule has 0 saturated heterocycles. The van der Waals surface area contributed by atoms with Gasteiger partial charge in [0, 0.05) is 6.04 Å². The minimum absolute atomic E-state index is 0.347. The minimum atomic E-state index is 0.347. The van der Waals surface area contributed by atoms with Crippen LogP contribution in [0.15, 0.2) is 36.8 Å². The first-order chi connectivity index (χ1) is 7.88. The lowest BCUT2D eigenvalue weighted by Crippen LogP contribution is -2.10. The van der Waals surface area contributed by atoms with Crippen LogP contribution in [0.5, 0.6) is 0 Å².